The van der Waals surface area contributed by atoms with Crippen LogP contribution in [0.25, 0.3) is 0 Å². The Morgan fingerprint density at radius 2 is 2.28 bits per heavy atom. The Morgan fingerprint density at radius 1 is 1.50 bits per heavy atom. The predicted octanol–water partition coefficient (Wildman–Crippen LogP) is 1.78. The van der Waals surface area contributed by atoms with E-state index < -0.39 is 12.5 Å². The number of ether oxygens (including phenoxy) is 3. The first-order valence-electron chi connectivity index (χ1n) is 5.69. The zero-order chi connectivity index (χ0) is 13.1. The third-order valence-electron chi connectivity index (χ3n) is 2.50. The first-order valence-corrected chi connectivity index (χ1v) is 5.69. The molecule has 1 aliphatic rings. The van der Waals surface area contributed by atoms with E-state index in [0.717, 1.165) is 5.56 Å². The number of cyclic esters (lactones) is 1. The average Bonchev–Trinajstić information content (AvgIpc) is 2.71. The number of benzene rings is 1. The minimum Gasteiger partial charge on any atom is -0.492 e. The summed E-state index contributed by atoms with van der Waals surface area (Å²) < 4.78 is 15.4. The quantitative estimate of drug-likeness (QED) is 0.885. The average molecular weight is 252 g/mol. The number of anilines is 1. The highest BCUT2D eigenvalue weighted by molar-refractivity contribution is 5.90. The molecule has 1 N–H and O–H groups in total. The Kier molecular flexibility index (Phi) is 3.69. The molecule has 1 unspecified atom stereocenters. The van der Waals surface area contributed by atoms with Crippen LogP contribution in [0.4, 0.5) is 10.5 Å². The van der Waals surface area contributed by atoms with Crippen LogP contribution < -0.4 is 15.2 Å². The van der Waals surface area contributed by atoms with E-state index >= 15 is 0 Å². The summed E-state index contributed by atoms with van der Waals surface area (Å²) in [6, 6.07) is 5.56. The van der Waals surface area contributed by atoms with E-state index in [2.05, 4.69) is 5.43 Å². The van der Waals surface area contributed by atoms with Crippen molar-refractivity contribution in [3.05, 3.63) is 23.8 Å². The molecule has 2 rings (SSSR count). The minimum absolute atomic E-state index is 0.521. The second-order valence-electron chi connectivity index (χ2n) is 3.82. The van der Waals surface area contributed by atoms with Crippen LogP contribution in [-0.4, -0.2) is 26.2 Å². The number of methoxy groups -OCH3 is 1. The maximum atomic E-state index is 11.7. The van der Waals surface area contributed by atoms with Crippen LogP contribution in [0.5, 0.6) is 5.75 Å². The number of rotatable bonds is 4. The number of amides is 1. The lowest BCUT2D eigenvalue weighted by Crippen LogP contribution is -2.38. The van der Waals surface area contributed by atoms with Crippen LogP contribution in [0.1, 0.15) is 12.5 Å². The molecule has 0 aromatic heterocycles. The summed E-state index contributed by atoms with van der Waals surface area (Å²) in [6.45, 7) is 4.37. The summed E-state index contributed by atoms with van der Waals surface area (Å²) in [7, 11) is 1.45. The van der Waals surface area contributed by atoms with Gasteiger partial charge in [0, 0.05) is 7.11 Å². The molecule has 1 aromatic rings. The molecule has 1 aromatic carbocycles. The van der Waals surface area contributed by atoms with Gasteiger partial charge in [-0.05, 0) is 31.5 Å². The highest BCUT2D eigenvalue weighted by Gasteiger charge is 2.33. The molecule has 1 saturated heterocycles. The second-order valence-corrected chi connectivity index (χ2v) is 3.82. The minimum atomic E-state index is -0.770. The molecule has 0 radical (unpaired) electrons. The number of hydrazine groups is 1. The largest absolute Gasteiger partial charge is 0.492 e. The summed E-state index contributed by atoms with van der Waals surface area (Å²) in [4.78, 5) is 11.7. The van der Waals surface area contributed by atoms with Gasteiger partial charge in [-0.2, -0.15) is 5.43 Å². The predicted molar refractivity (Wildman–Crippen MR) is 65.2 cm³/mol. The molecule has 1 aliphatic heterocycles. The van der Waals surface area contributed by atoms with E-state index in [4.69, 9.17) is 14.2 Å². The molecule has 0 bridgehead atoms. The molecule has 0 aliphatic carbocycles. The molecule has 0 saturated carbocycles. The van der Waals surface area contributed by atoms with Gasteiger partial charge in [0.1, 0.15) is 11.4 Å². The van der Waals surface area contributed by atoms with Gasteiger partial charge >= 0.3 is 6.09 Å². The number of hydrogen-bond acceptors (Lipinski definition) is 5. The van der Waals surface area contributed by atoms with E-state index in [1.54, 1.807) is 6.07 Å². The maximum Gasteiger partial charge on any atom is 0.432 e. The van der Waals surface area contributed by atoms with Crippen molar-refractivity contribution in [2.24, 2.45) is 0 Å². The molecular formula is C12H16N2O4. The molecule has 98 valence electrons. The fraction of sp³-hybridized carbons (Fsp3) is 0.417. The van der Waals surface area contributed by atoms with Gasteiger partial charge < -0.3 is 14.2 Å². The lowest BCUT2D eigenvalue weighted by molar-refractivity contribution is -0.0722. The topological polar surface area (TPSA) is 60.0 Å². The maximum absolute atomic E-state index is 11.7. The summed E-state index contributed by atoms with van der Waals surface area (Å²) in [5.41, 5.74) is 4.44. The first-order chi connectivity index (χ1) is 8.65. The van der Waals surface area contributed by atoms with E-state index in [9.17, 15) is 4.79 Å². The van der Waals surface area contributed by atoms with Crippen molar-refractivity contribution in [2.75, 3.05) is 18.7 Å². The standard InChI is InChI=1S/C12H16N2O4/c1-4-17-10-7-8(2)5-6-9(10)14-12(15)18-11(13-14)16-3/h5-7,11,13H,4H2,1-3H3. The van der Waals surface area contributed by atoms with Crippen LogP contribution >= 0.6 is 0 Å². The first kappa shape index (κ1) is 12.7. The van der Waals surface area contributed by atoms with Crippen molar-refractivity contribution in [3.63, 3.8) is 0 Å². The lowest BCUT2D eigenvalue weighted by atomic mass is 10.2. The zero-order valence-electron chi connectivity index (χ0n) is 10.6. The van der Waals surface area contributed by atoms with Gasteiger partial charge in [0.05, 0.1) is 6.61 Å². The summed E-state index contributed by atoms with van der Waals surface area (Å²) in [6.07, 6.45) is -1.29. The van der Waals surface area contributed by atoms with Crippen molar-refractivity contribution in [1.82, 2.24) is 5.43 Å². The van der Waals surface area contributed by atoms with Gasteiger partial charge in [-0.25, -0.2) is 9.80 Å². The fourth-order valence-corrected chi connectivity index (χ4v) is 1.67. The van der Waals surface area contributed by atoms with Crippen molar-refractivity contribution >= 4 is 11.8 Å². The van der Waals surface area contributed by atoms with Gasteiger partial charge in [0.2, 0.25) is 0 Å². The van der Waals surface area contributed by atoms with Crippen LogP contribution in [0.2, 0.25) is 0 Å². The van der Waals surface area contributed by atoms with Crippen LogP contribution in [0, 0.1) is 6.92 Å². The molecule has 1 atom stereocenters. The number of aryl methyl sites for hydroxylation is 1. The number of carbonyl (C=O) groups is 1. The molecule has 1 heterocycles. The van der Waals surface area contributed by atoms with Crippen molar-refractivity contribution in [2.45, 2.75) is 20.3 Å². The van der Waals surface area contributed by atoms with Crippen LogP contribution in [0.15, 0.2) is 18.2 Å². The van der Waals surface area contributed by atoms with Crippen molar-refractivity contribution in [3.8, 4) is 5.75 Å². The summed E-state index contributed by atoms with van der Waals surface area (Å²) in [5.74, 6) is 0.624. The number of carbonyl (C=O) groups excluding carboxylic acids is 1. The molecule has 6 nitrogen and oxygen atoms in total. The summed E-state index contributed by atoms with van der Waals surface area (Å²) >= 11 is 0. The fourth-order valence-electron chi connectivity index (χ4n) is 1.67. The lowest BCUT2D eigenvalue weighted by Gasteiger charge is -2.17. The van der Waals surface area contributed by atoms with Crippen LogP contribution in [-0.2, 0) is 9.47 Å². The Hall–Kier alpha value is -1.79. The SMILES string of the molecule is CCOc1cc(C)ccc1N1NC(OC)OC1=O. The van der Waals surface area contributed by atoms with E-state index in [1.165, 1.54) is 12.1 Å². The smallest absolute Gasteiger partial charge is 0.432 e. The molecule has 6 heteroatoms. The number of nitrogens with one attached hydrogen (secondary N) is 1. The van der Waals surface area contributed by atoms with Crippen molar-refractivity contribution in [1.29, 1.82) is 0 Å². The second kappa shape index (κ2) is 5.24. The molecular weight excluding hydrogens is 236 g/mol. The third kappa shape index (κ3) is 2.39. The Labute approximate surface area is 105 Å². The van der Waals surface area contributed by atoms with Crippen LogP contribution in [0.3, 0.4) is 0 Å². The van der Waals surface area contributed by atoms with Gasteiger partial charge in [-0.1, -0.05) is 6.07 Å². The van der Waals surface area contributed by atoms with Gasteiger partial charge in [-0.15, -0.1) is 0 Å². The Bertz CT molecular complexity index is 450. The number of nitrogens with zero attached hydrogens (tertiary/aromatic N) is 1. The zero-order valence-corrected chi connectivity index (χ0v) is 10.6. The highest BCUT2D eigenvalue weighted by atomic mass is 16.7. The normalized spacial score (nSPS) is 18.9. The number of hydrogen-bond donors (Lipinski definition) is 1. The molecule has 1 amide bonds. The van der Waals surface area contributed by atoms with Crippen molar-refractivity contribution < 1.29 is 19.0 Å². The summed E-state index contributed by atoms with van der Waals surface area (Å²) in [5, 5.41) is 1.28. The van der Waals surface area contributed by atoms with E-state index in [-0.39, 0.29) is 0 Å². The molecule has 1 fully saturated rings. The van der Waals surface area contributed by atoms with E-state index in [0.29, 0.717) is 18.0 Å². The highest BCUT2D eigenvalue weighted by Crippen LogP contribution is 2.30. The van der Waals surface area contributed by atoms with Gasteiger partial charge in [0.25, 0.3) is 6.41 Å². The monoisotopic (exact) mass is 252 g/mol. The molecule has 18 heavy (non-hydrogen) atoms. The van der Waals surface area contributed by atoms with E-state index in [1.807, 2.05) is 26.0 Å². The third-order valence-corrected chi connectivity index (χ3v) is 2.50. The Morgan fingerprint density at radius 3 is 2.89 bits per heavy atom. The molecule has 0 spiro atoms. The Balaban J connectivity index is 2.30. The van der Waals surface area contributed by atoms with Gasteiger partial charge in [0.15, 0.2) is 0 Å². The van der Waals surface area contributed by atoms with Gasteiger partial charge in [-0.3, -0.25) is 0 Å².